The highest BCUT2D eigenvalue weighted by molar-refractivity contribution is 5.88. The van der Waals surface area contributed by atoms with Gasteiger partial charge in [-0.15, -0.1) is 0 Å². The summed E-state index contributed by atoms with van der Waals surface area (Å²) in [5.74, 6) is -0.773. The zero-order valence-electron chi connectivity index (χ0n) is 16.0. The minimum Gasteiger partial charge on any atom is -0.396 e. The number of nitrogens with one attached hydrogen (secondary N) is 2. The van der Waals surface area contributed by atoms with Crippen LogP contribution in [0.1, 0.15) is 31.4 Å². The number of rotatable bonds is 7. The molecule has 2 rings (SSSR count). The summed E-state index contributed by atoms with van der Waals surface area (Å²) in [6.45, 7) is 4.25. The first-order valence-corrected chi connectivity index (χ1v) is 9.08. The Kier molecular flexibility index (Phi) is 7.06. The molecule has 0 spiro atoms. The van der Waals surface area contributed by atoms with E-state index in [4.69, 9.17) is 0 Å². The van der Waals surface area contributed by atoms with Crippen molar-refractivity contribution in [3.05, 3.63) is 35.4 Å². The number of carbonyl (C=O) groups excluding carboxylic acids is 2. The molecule has 1 aliphatic heterocycles. The number of benzene rings is 1. The molecule has 0 bridgehead atoms. The molecule has 9 heteroatoms. The van der Waals surface area contributed by atoms with E-state index in [1.807, 2.05) is 0 Å². The summed E-state index contributed by atoms with van der Waals surface area (Å²) >= 11 is 0. The predicted molar refractivity (Wildman–Crippen MR) is 97.1 cm³/mol. The van der Waals surface area contributed by atoms with Gasteiger partial charge in [-0.3, -0.25) is 14.5 Å². The summed E-state index contributed by atoms with van der Waals surface area (Å²) < 4.78 is 39.7. The van der Waals surface area contributed by atoms with E-state index in [0.717, 1.165) is 6.07 Å². The van der Waals surface area contributed by atoms with E-state index in [-0.39, 0.29) is 37.6 Å². The van der Waals surface area contributed by atoms with Crippen molar-refractivity contribution in [1.29, 1.82) is 0 Å². The van der Waals surface area contributed by atoms with E-state index in [0.29, 0.717) is 13.1 Å². The molecule has 1 atom stereocenters. The molecule has 1 fully saturated rings. The molecular weight excluding hydrogens is 375 g/mol. The molecule has 28 heavy (non-hydrogen) atoms. The Labute approximate surface area is 162 Å². The van der Waals surface area contributed by atoms with Gasteiger partial charge in [0.05, 0.1) is 18.0 Å². The van der Waals surface area contributed by atoms with Crippen LogP contribution in [0.25, 0.3) is 0 Å². The number of carbonyl (C=O) groups is 2. The third-order valence-corrected chi connectivity index (χ3v) is 4.71. The van der Waals surface area contributed by atoms with Gasteiger partial charge in [0, 0.05) is 38.2 Å². The van der Waals surface area contributed by atoms with Crippen LogP contribution in [0, 0.1) is 5.41 Å². The third kappa shape index (κ3) is 5.93. The van der Waals surface area contributed by atoms with Gasteiger partial charge in [-0.1, -0.05) is 32.0 Å². The molecule has 3 N–H and O–H groups in total. The predicted octanol–water partition coefficient (Wildman–Crippen LogP) is 1.53. The van der Waals surface area contributed by atoms with Crippen LogP contribution in [-0.4, -0.2) is 54.1 Å². The minimum absolute atomic E-state index is 0.0662. The number of alkyl halides is 3. The van der Waals surface area contributed by atoms with Gasteiger partial charge in [-0.25, -0.2) is 0 Å². The summed E-state index contributed by atoms with van der Waals surface area (Å²) in [6, 6.07) is 4.39. The van der Waals surface area contributed by atoms with Gasteiger partial charge in [0.1, 0.15) is 0 Å². The molecule has 156 valence electrons. The van der Waals surface area contributed by atoms with Crippen LogP contribution < -0.4 is 10.6 Å². The number of aliphatic hydroxyl groups excluding tert-OH is 1. The van der Waals surface area contributed by atoms with Gasteiger partial charge in [-0.2, -0.15) is 13.2 Å². The van der Waals surface area contributed by atoms with Crippen LogP contribution >= 0.6 is 0 Å². The summed E-state index contributed by atoms with van der Waals surface area (Å²) in [5, 5.41) is 14.6. The van der Waals surface area contributed by atoms with E-state index in [9.17, 15) is 27.9 Å². The van der Waals surface area contributed by atoms with Crippen LogP contribution in [0.2, 0.25) is 0 Å². The largest absolute Gasteiger partial charge is 0.416 e. The number of piperazine rings is 1. The van der Waals surface area contributed by atoms with Crippen molar-refractivity contribution in [2.75, 3.05) is 26.2 Å². The van der Waals surface area contributed by atoms with Crippen LogP contribution in [0.4, 0.5) is 13.2 Å². The van der Waals surface area contributed by atoms with Crippen LogP contribution in [0.3, 0.4) is 0 Å². The molecule has 0 radical (unpaired) electrons. The maximum atomic E-state index is 13.2. The maximum Gasteiger partial charge on any atom is 0.416 e. The number of hydrogen-bond acceptors (Lipinski definition) is 4. The first kappa shape index (κ1) is 22.2. The fraction of sp³-hybridized carbons (Fsp3) is 0.579. The lowest BCUT2D eigenvalue weighted by Gasteiger charge is -2.35. The van der Waals surface area contributed by atoms with Crippen LogP contribution in [-0.2, 0) is 22.3 Å². The molecule has 0 aromatic heterocycles. The normalized spacial score (nSPS) is 18.6. The SMILES string of the molecule is CC(C)(CO)CNC(=O)C[C@H]1C(=O)NCCN1Cc1ccccc1C(F)(F)F. The van der Waals surface area contributed by atoms with Crippen molar-refractivity contribution in [2.24, 2.45) is 5.41 Å². The topological polar surface area (TPSA) is 81.7 Å². The van der Waals surface area contributed by atoms with Crippen LogP contribution in [0.15, 0.2) is 24.3 Å². The zero-order chi connectivity index (χ0) is 20.9. The highest BCUT2D eigenvalue weighted by Gasteiger charge is 2.36. The van der Waals surface area contributed by atoms with E-state index in [1.54, 1.807) is 18.7 Å². The van der Waals surface area contributed by atoms with Crippen molar-refractivity contribution in [3.63, 3.8) is 0 Å². The smallest absolute Gasteiger partial charge is 0.396 e. The van der Waals surface area contributed by atoms with Gasteiger partial charge in [0.25, 0.3) is 0 Å². The first-order valence-electron chi connectivity index (χ1n) is 9.08. The van der Waals surface area contributed by atoms with Crippen molar-refractivity contribution in [1.82, 2.24) is 15.5 Å². The molecule has 0 saturated carbocycles. The van der Waals surface area contributed by atoms with Gasteiger partial charge in [0.15, 0.2) is 0 Å². The fourth-order valence-electron chi connectivity index (χ4n) is 2.97. The number of halogens is 3. The quantitative estimate of drug-likeness (QED) is 0.647. The molecule has 2 amide bonds. The summed E-state index contributed by atoms with van der Waals surface area (Å²) in [5.41, 5.74) is -1.18. The van der Waals surface area contributed by atoms with Crippen LogP contribution in [0.5, 0.6) is 0 Å². The Morgan fingerprint density at radius 2 is 2.00 bits per heavy atom. The lowest BCUT2D eigenvalue weighted by Crippen LogP contribution is -2.56. The second kappa shape index (κ2) is 8.91. The Balaban J connectivity index is 2.11. The van der Waals surface area contributed by atoms with E-state index in [2.05, 4.69) is 10.6 Å². The van der Waals surface area contributed by atoms with Crippen molar-refractivity contribution < 1.29 is 27.9 Å². The monoisotopic (exact) mass is 401 g/mol. The molecule has 0 aliphatic carbocycles. The first-order chi connectivity index (χ1) is 13.0. The van der Waals surface area contributed by atoms with E-state index >= 15 is 0 Å². The van der Waals surface area contributed by atoms with Crippen molar-refractivity contribution >= 4 is 11.8 Å². The Morgan fingerprint density at radius 3 is 2.64 bits per heavy atom. The Hall–Kier alpha value is -2.13. The molecule has 1 aromatic rings. The highest BCUT2D eigenvalue weighted by Crippen LogP contribution is 2.32. The molecule has 1 aromatic carbocycles. The summed E-state index contributed by atoms with van der Waals surface area (Å²) in [4.78, 5) is 26.1. The molecule has 1 aliphatic rings. The summed E-state index contributed by atoms with van der Waals surface area (Å²) in [6.07, 6.45) is -4.65. The highest BCUT2D eigenvalue weighted by atomic mass is 19.4. The molecule has 1 saturated heterocycles. The third-order valence-electron chi connectivity index (χ3n) is 4.71. The number of aliphatic hydroxyl groups is 1. The lowest BCUT2D eigenvalue weighted by atomic mass is 9.95. The Bertz CT molecular complexity index is 707. The molecule has 0 unspecified atom stereocenters. The fourth-order valence-corrected chi connectivity index (χ4v) is 2.97. The molecular formula is C19H26F3N3O3. The average Bonchev–Trinajstić information content (AvgIpc) is 2.62. The molecule has 6 nitrogen and oxygen atoms in total. The lowest BCUT2D eigenvalue weighted by molar-refractivity contribution is -0.139. The van der Waals surface area contributed by atoms with Crippen molar-refractivity contribution in [3.8, 4) is 0 Å². The number of amides is 2. The minimum atomic E-state index is -4.49. The van der Waals surface area contributed by atoms with Gasteiger partial charge >= 0.3 is 6.18 Å². The standard InChI is InChI=1S/C19H26F3N3O3/c1-18(2,12-26)11-24-16(27)9-15-17(28)23-7-8-25(15)10-13-5-3-4-6-14(13)19(20,21)22/h3-6,15,26H,7-12H2,1-2H3,(H,23,28)(H,24,27)/t15-/m0/s1. The van der Waals surface area contributed by atoms with Gasteiger partial charge in [-0.05, 0) is 11.6 Å². The Morgan fingerprint density at radius 1 is 1.32 bits per heavy atom. The number of hydrogen-bond donors (Lipinski definition) is 3. The van der Waals surface area contributed by atoms with Gasteiger partial charge in [0.2, 0.25) is 11.8 Å². The summed E-state index contributed by atoms with van der Waals surface area (Å²) in [7, 11) is 0. The number of nitrogens with zero attached hydrogens (tertiary/aromatic N) is 1. The van der Waals surface area contributed by atoms with Crippen molar-refractivity contribution in [2.45, 2.75) is 39.0 Å². The molecule has 1 heterocycles. The van der Waals surface area contributed by atoms with Gasteiger partial charge < -0.3 is 15.7 Å². The second-order valence-corrected chi connectivity index (χ2v) is 7.74. The zero-order valence-corrected chi connectivity index (χ0v) is 16.0. The average molecular weight is 401 g/mol. The maximum absolute atomic E-state index is 13.2. The second-order valence-electron chi connectivity index (χ2n) is 7.74. The van der Waals surface area contributed by atoms with E-state index in [1.165, 1.54) is 18.2 Å². The van der Waals surface area contributed by atoms with E-state index < -0.39 is 29.1 Å².